The number of rotatable bonds is 1. The molecule has 2 aromatic rings. The van der Waals surface area contributed by atoms with Gasteiger partial charge in [0, 0.05) is 0 Å². The predicted molar refractivity (Wildman–Crippen MR) is 58.4 cm³/mol. The van der Waals surface area contributed by atoms with E-state index in [1.165, 1.54) is 12.1 Å². The van der Waals surface area contributed by atoms with Crippen LogP contribution in [0.1, 0.15) is 11.4 Å². The molecule has 6 heteroatoms. The van der Waals surface area contributed by atoms with Gasteiger partial charge in [-0.05, 0) is 12.1 Å². The van der Waals surface area contributed by atoms with E-state index in [2.05, 4.69) is 20.5 Å². The molecule has 1 aromatic carbocycles. The number of aromatic amines is 1. The second-order valence-electron chi connectivity index (χ2n) is 3.64. The lowest BCUT2D eigenvalue weighted by Crippen LogP contribution is -2.12. The molecule has 0 spiro atoms. The van der Waals surface area contributed by atoms with Gasteiger partial charge in [0.25, 0.3) is 0 Å². The predicted octanol–water partition coefficient (Wildman–Crippen LogP) is 1.79. The first-order valence-electron chi connectivity index (χ1n) is 5.05. The van der Waals surface area contributed by atoms with Crippen molar-refractivity contribution in [3.05, 3.63) is 41.2 Å². The van der Waals surface area contributed by atoms with Gasteiger partial charge in [-0.2, -0.15) is 5.10 Å². The minimum absolute atomic E-state index is 0.118. The fourth-order valence-corrected chi connectivity index (χ4v) is 1.71. The highest BCUT2D eigenvalue weighted by atomic mass is 19.2. The van der Waals surface area contributed by atoms with E-state index in [-0.39, 0.29) is 5.56 Å². The van der Waals surface area contributed by atoms with Crippen molar-refractivity contribution >= 4 is 6.21 Å². The van der Waals surface area contributed by atoms with Crippen LogP contribution in [0, 0.1) is 11.6 Å². The number of hydrogen-bond donors (Lipinski definition) is 2. The Balaban J connectivity index is 2.13. The minimum Gasteiger partial charge on any atom is -0.337 e. The largest absolute Gasteiger partial charge is 0.337 e. The van der Waals surface area contributed by atoms with E-state index < -0.39 is 11.6 Å². The molecular weight excluding hydrogens is 226 g/mol. The van der Waals surface area contributed by atoms with E-state index in [0.717, 1.165) is 11.8 Å². The molecule has 0 bridgehead atoms. The van der Waals surface area contributed by atoms with Gasteiger partial charge in [0.2, 0.25) is 0 Å². The molecule has 1 aliphatic rings. The topological polar surface area (TPSA) is 53.1 Å². The lowest BCUT2D eigenvalue weighted by molar-refractivity contribution is 0.510. The minimum atomic E-state index is -0.900. The van der Waals surface area contributed by atoms with Crippen LogP contribution in [0.5, 0.6) is 0 Å². The van der Waals surface area contributed by atoms with Crippen LogP contribution in [-0.2, 0) is 6.54 Å². The zero-order chi connectivity index (χ0) is 11.8. The quantitative estimate of drug-likeness (QED) is 0.790. The molecule has 86 valence electrons. The van der Waals surface area contributed by atoms with Gasteiger partial charge in [-0.25, -0.2) is 13.8 Å². The first-order chi connectivity index (χ1) is 8.25. The lowest BCUT2D eigenvalue weighted by Gasteiger charge is -2.02. The Labute approximate surface area is 95.4 Å². The Morgan fingerprint density at radius 1 is 1.24 bits per heavy atom. The molecule has 0 fully saturated rings. The summed E-state index contributed by atoms with van der Waals surface area (Å²) in [4.78, 5) is 7.12. The smallest absolute Gasteiger partial charge is 0.169 e. The number of nitrogens with one attached hydrogen (secondary N) is 2. The summed E-state index contributed by atoms with van der Waals surface area (Å²) in [5.74, 6) is -1.48. The SMILES string of the molecule is Fc1cccc(-c2nc3c([nH]2)C=NNC3)c1F. The third-order valence-electron chi connectivity index (χ3n) is 2.55. The van der Waals surface area contributed by atoms with Gasteiger partial charge in [-0.3, -0.25) is 0 Å². The van der Waals surface area contributed by atoms with Crippen LogP contribution >= 0.6 is 0 Å². The molecule has 3 rings (SSSR count). The summed E-state index contributed by atoms with van der Waals surface area (Å²) in [6.07, 6.45) is 1.56. The molecule has 1 aromatic heterocycles. The molecule has 0 aliphatic carbocycles. The number of hydrazone groups is 1. The van der Waals surface area contributed by atoms with E-state index in [1.807, 2.05) is 0 Å². The molecular formula is C11H8F2N4. The maximum absolute atomic E-state index is 13.6. The molecule has 0 radical (unpaired) electrons. The van der Waals surface area contributed by atoms with Crippen LogP contribution in [0.25, 0.3) is 11.4 Å². The fraction of sp³-hybridized carbons (Fsp3) is 0.0909. The van der Waals surface area contributed by atoms with Crippen LogP contribution in [0.15, 0.2) is 23.3 Å². The summed E-state index contributed by atoms with van der Waals surface area (Å²) in [6.45, 7) is 0.471. The Morgan fingerprint density at radius 3 is 2.94 bits per heavy atom. The molecule has 0 saturated carbocycles. The number of hydrogen-bond acceptors (Lipinski definition) is 3. The number of halogens is 2. The van der Waals surface area contributed by atoms with Gasteiger partial charge in [-0.15, -0.1) is 0 Å². The molecule has 0 atom stereocenters. The maximum Gasteiger partial charge on any atom is 0.169 e. The molecule has 2 N–H and O–H groups in total. The van der Waals surface area contributed by atoms with Crippen LogP contribution in [-0.4, -0.2) is 16.2 Å². The van der Waals surface area contributed by atoms with Crippen LogP contribution < -0.4 is 5.43 Å². The van der Waals surface area contributed by atoms with Gasteiger partial charge in [0.05, 0.1) is 29.7 Å². The molecule has 17 heavy (non-hydrogen) atoms. The summed E-state index contributed by atoms with van der Waals surface area (Å²) in [7, 11) is 0. The van der Waals surface area contributed by atoms with E-state index >= 15 is 0 Å². The second-order valence-corrected chi connectivity index (χ2v) is 3.64. The highest BCUT2D eigenvalue weighted by Crippen LogP contribution is 2.23. The molecule has 1 aliphatic heterocycles. The first-order valence-corrected chi connectivity index (χ1v) is 5.05. The molecule has 0 saturated heterocycles. The number of fused-ring (bicyclic) bond motifs is 1. The molecule has 0 amide bonds. The zero-order valence-corrected chi connectivity index (χ0v) is 8.67. The lowest BCUT2D eigenvalue weighted by atomic mass is 10.2. The Hall–Kier alpha value is -2.24. The van der Waals surface area contributed by atoms with E-state index in [1.54, 1.807) is 6.21 Å². The first kappa shape index (κ1) is 9.95. The summed E-state index contributed by atoms with van der Waals surface area (Å²) < 4.78 is 26.7. The number of benzene rings is 1. The van der Waals surface area contributed by atoms with Crippen molar-refractivity contribution in [1.82, 2.24) is 15.4 Å². The van der Waals surface area contributed by atoms with Crippen molar-refractivity contribution in [3.8, 4) is 11.4 Å². The zero-order valence-electron chi connectivity index (χ0n) is 8.67. The number of aromatic nitrogens is 2. The summed E-state index contributed by atoms with van der Waals surface area (Å²) in [5, 5.41) is 3.85. The van der Waals surface area contributed by atoms with Crippen LogP contribution in [0.4, 0.5) is 8.78 Å². The van der Waals surface area contributed by atoms with Gasteiger partial charge in [-0.1, -0.05) is 6.07 Å². The Bertz CT molecular complexity index is 604. The normalized spacial score (nSPS) is 13.3. The van der Waals surface area contributed by atoms with Gasteiger partial charge in [0.1, 0.15) is 5.82 Å². The summed E-state index contributed by atoms with van der Waals surface area (Å²) >= 11 is 0. The van der Waals surface area contributed by atoms with Crippen molar-refractivity contribution in [2.45, 2.75) is 6.54 Å². The van der Waals surface area contributed by atoms with Gasteiger partial charge in [0.15, 0.2) is 11.6 Å². The Kier molecular flexibility index (Phi) is 2.14. The third-order valence-corrected chi connectivity index (χ3v) is 2.55. The fourth-order valence-electron chi connectivity index (χ4n) is 1.71. The van der Waals surface area contributed by atoms with Crippen molar-refractivity contribution in [2.75, 3.05) is 0 Å². The van der Waals surface area contributed by atoms with Crippen molar-refractivity contribution in [2.24, 2.45) is 5.10 Å². The monoisotopic (exact) mass is 234 g/mol. The third kappa shape index (κ3) is 1.57. The highest BCUT2D eigenvalue weighted by molar-refractivity contribution is 5.80. The molecule has 0 unspecified atom stereocenters. The number of H-pyrrole nitrogens is 1. The van der Waals surface area contributed by atoms with Crippen LogP contribution in [0.2, 0.25) is 0 Å². The van der Waals surface area contributed by atoms with E-state index in [0.29, 0.717) is 18.1 Å². The average molecular weight is 234 g/mol. The van der Waals surface area contributed by atoms with Crippen LogP contribution in [0.3, 0.4) is 0 Å². The second kappa shape index (κ2) is 3.65. The van der Waals surface area contributed by atoms with Gasteiger partial charge < -0.3 is 10.4 Å². The van der Waals surface area contributed by atoms with Crippen molar-refractivity contribution in [3.63, 3.8) is 0 Å². The van der Waals surface area contributed by atoms with Crippen molar-refractivity contribution < 1.29 is 8.78 Å². The maximum atomic E-state index is 13.6. The standard InChI is InChI=1S/C11H8F2N4/c12-7-3-1-2-6(10(7)13)11-16-8-4-14-15-5-9(8)17-11/h1-4,15H,5H2,(H,16,17). The Morgan fingerprint density at radius 2 is 2.12 bits per heavy atom. The van der Waals surface area contributed by atoms with Crippen molar-refractivity contribution in [1.29, 1.82) is 0 Å². The van der Waals surface area contributed by atoms with E-state index in [4.69, 9.17) is 0 Å². The van der Waals surface area contributed by atoms with E-state index in [9.17, 15) is 8.78 Å². The number of nitrogens with zero attached hydrogens (tertiary/aromatic N) is 2. The van der Waals surface area contributed by atoms with Gasteiger partial charge >= 0.3 is 0 Å². The molecule has 2 heterocycles. The summed E-state index contributed by atoms with van der Waals surface area (Å²) in [5.41, 5.74) is 4.31. The highest BCUT2D eigenvalue weighted by Gasteiger charge is 2.16. The number of imidazole rings is 1. The molecule has 4 nitrogen and oxygen atoms in total. The summed E-state index contributed by atoms with van der Waals surface area (Å²) in [6, 6.07) is 4.00. The average Bonchev–Trinajstić information content (AvgIpc) is 2.76.